The van der Waals surface area contributed by atoms with Crippen molar-refractivity contribution in [3.63, 3.8) is 0 Å². The van der Waals surface area contributed by atoms with Crippen molar-refractivity contribution in [1.82, 2.24) is 4.57 Å². The normalized spacial score (nSPS) is 18.6. The lowest BCUT2D eigenvalue weighted by Gasteiger charge is -2.16. The van der Waals surface area contributed by atoms with Crippen molar-refractivity contribution >= 4 is 23.3 Å². The van der Waals surface area contributed by atoms with E-state index in [1.807, 2.05) is 19.9 Å². The molecule has 2 saturated heterocycles. The molecule has 0 spiro atoms. The highest BCUT2D eigenvalue weighted by molar-refractivity contribution is 6.01. The van der Waals surface area contributed by atoms with Crippen LogP contribution in [-0.2, 0) is 20.8 Å². The van der Waals surface area contributed by atoms with Crippen molar-refractivity contribution in [2.75, 3.05) is 24.7 Å². The number of aromatic nitrogens is 1. The summed E-state index contributed by atoms with van der Waals surface area (Å²) in [7, 11) is 0. The summed E-state index contributed by atoms with van der Waals surface area (Å²) in [4.78, 5) is 38.9. The Balaban J connectivity index is 1.40. The third-order valence-electron chi connectivity index (χ3n) is 6.09. The van der Waals surface area contributed by atoms with E-state index in [0.29, 0.717) is 29.8 Å². The Morgan fingerprint density at radius 2 is 2.03 bits per heavy atom. The number of nitrogens with zero attached hydrogens (tertiary/aromatic N) is 2. The summed E-state index contributed by atoms with van der Waals surface area (Å²) in [6, 6.07) is 8.64. The van der Waals surface area contributed by atoms with E-state index >= 15 is 0 Å². The van der Waals surface area contributed by atoms with Gasteiger partial charge < -0.3 is 18.9 Å². The van der Waals surface area contributed by atoms with Crippen molar-refractivity contribution in [3.8, 4) is 0 Å². The maximum atomic E-state index is 12.7. The molecular weight excluding hydrogens is 396 g/mol. The molecule has 2 fully saturated rings. The van der Waals surface area contributed by atoms with Crippen LogP contribution in [0.3, 0.4) is 0 Å². The largest absolute Gasteiger partial charge is 0.454 e. The van der Waals surface area contributed by atoms with E-state index in [1.54, 1.807) is 29.2 Å². The molecule has 0 saturated carbocycles. The fourth-order valence-corrected chi connectivity index (χ4v) is 4.37. The Bertz CT molecular complexity index is 1000. The van der Waals surface area contributed by atoms with Gasteiger partial charge in [0, 0.05) is 48.8 Å². The van der Waals surface area contributed by atoms with E-state index in [0.717, 1.165) is 43.8 Å². The smallest absolute Gasteiger partial charge is 0.338 e. The number of anilines is 1. The van der Waals surface area contributed by atoms with Gasteiger partial charge in [-0.3, -0.25) is 9.59 Å². The number of carbonyl (C=O) groups is 3. The van der Waals surface area contributed by atoms with Crippen LogP contribution in [-0.4, -0.2) is 48.1 Å². The predicted octanol–water partition coefficient (Wildman–Crippen LogP) is 3.45. The minimum atomic E-state index is -0.574. The standard InChI is InChI=1S/C24H28N2O5/c1-16-12-21(17(2)26(16)14-20-8-5-11-30-20)22(27)15-31-24(29)18-6-3-7-19(13-18)25-10-4-9-23(25)28/h3,6-7,12-13,20H,4-5,8-11,14-15H2,1-2H3/t20-/m1/s1. The van der Waals surface area contributed by atoms with E-state index in [-0.39, 0.29) is 24.4 Å². The highest BCUT2D eigenvalue weighted by Gasteiger charge is 2.24. The maximum absolute atomic E-state index is 12.7. The molecule has 0 radical (unpaired) electrons. The molecule has 2 aromatic rings. The lowest BCUT2D eigenvalue weighted by Crippen LogP contribution is -2.24. The quantitative estimate of drug-likeness (QED) is 0.503. The van der Waals surface area contributed by atoms with Crippen LogP contribution >= 0.6 is 0 Å². The Morgan fingerprint density at radius 3 is 2.74 bits per heavy atom. The fourth-order valence-electron chi connectivity index (χ4n) is 4.37. The zero-order chi connectivity index (χ0) is 22.0. The molecule has 31 heavy (non-hydrogen) atoms. The fraction of sp³-hybridized carbons (Fsp3) is 0.458. The first kappa shape index (κ1) is 21.3. The molecule has 7 heteroatoms. The SMILES string of the molecule is Cc1cc(C(=O)COC(=O)c2cccc(N3CCCC3=O)c2)c(C)n1C[C@H]1CCCO1. The number of hydrogen-bond acceptors (Lipinski definition) is 5. The molecule has 2 aliphatic heterocycles. The zero-order valence-electron chi connectivity index (χ0n) is 18.1. The lowest BCUT2D eigenvalue weighted by atomic mass is 10.1. The van der Waals surface area contributed by atoms with E-state index < -0.39 is 5.97 Å². The first-order valence-electron chi connectivity index (χ1n) is 10.8. The number of benzene rings is 1. The summed E-state index contributed by atoms with van der Waals surface area (Å²) in [6.07, 6.45) is 3.61. The van der Waals surface area contributed by atoms with Gasteiger partial charge in [-0.2, -0.15) is 0 Å². The Morgan fingerprint density at radius 1 is 1.19 bits per heavy atom. The minimum Gasteiger partial charge on any atom is -0.454 e. The number of aryl methyl sites for hydroxylation is 1. The van der Waals surface area contributed by atoms with Crippen LogP contribution in [0.1, 0.15) is 57.8 Å². The van der Waals surface area contributed by atoms with E-state index in [4.69, 9.17) is 9.47 Å². The molecule has 3 heterocycles. The Labute approximate surface area is 181 Å². The van der Waals surface area contributed by atoms with Gasteiger partial charge in [0.05, 0.1) is 11.7 Å². The monoisotopic (exact) mass is 424 g/mol. The van der Waals surface area contributed by atoms with Gasteiger partial charge in [0.2, 0.25) is 11.7 Å². The van der Waals surface area contributed by atoms with E-state index in [2.05, 4.69) is 4.57 Å². The second-order valence-corrected chi connectivity index (χ2v) is 8.23. The summed E-state index contributed by atoms with van der Waals surface area (Å²) in [5.41, 5.74) is 3.43. The number of carbonyl (C=O) groups excluding carboxylic acids is 3. The van der Waals surface area contributed by atoms with Gasteiger partial charge in [-0.25, -0.2) is 4.79 Å². The van der Waals surface area contributed by atoms with Gasteiger partial charge in [-0.1, -0.05) is 6.07 Å². The predicted molar refractivity (Wildman–Crippen MR) is 116 cm³/mol. The first-order chi connectivity index (χ1) is 14.9. The van der Waals surface area contributed by atoms with Crippen molar-refractivity contribution in [2.45, 2.75) is 52.2 Å². The second kappa shape index (κ2) is 9.06. The van der Waals surface area contributed by atoms with Crippen LogP contribution in [0.25, 0.3) is 0 Å². The van der Waals surface area contributed by atoms with Gasteiger partial charge in [0.25, 0.3) is 0 Å². The van der Waals surface area contributed by atoms with Gasteiger partial charge in [0.15, 0.2) is 6.61 Å². The van der Waals surface area contributed by atoms with Crippen LogP contribution in [0, 0.1) is 13.8 Å². The molecule has 4 rings (SSSR count). The Kier molecular flexibility index (Phi) is 6.23. The van der Waals surface area contributed by atoms with E-state index in [1.165, 1.54) is 0 Å². The molecule has 7 nitrogen and oxygen atoms in total. The van der Waals surface area contributed by atoms with Gasteiger partial charge in [-0.15, -0.1) is 0 Å². The van der Waals surface area contributed by atoms with Crippen LogP contribution in [0.15, 0.2) is 30.3 Å². The maximum Gasteiger partial charge on any atom is 0.338 e. The zero-order valence-corrected chi connectivity index (χ0v) is 18.1. The second-order valence-electron chi connectivity index (χ2n) is 8.23. The van der Waals surface area contributed by atoms with Crippen molar-refractivity contribution in [1.29, 1.82) is 0 Å². The summed E-state index contributed by atoms with van der Waals surface area (Å²) in [5.74, 6) is -0.750. The summed E-state index contributed by atoms with van der Waals surface area (Å²) in [6.45, 7) is 5.72. The molecule has 1 amide bonds. The highest BCUT2D eigenvalue weighted by atomic mass is 16.5. The highest BCUT2D eigenvalue weighted by Crippen LogP contribution is 2.23. The summed E-state index contributed by atoms with van der Waals surface area (Å²) < 4.78 is 13.1. The molecule has 0 unspecified atom stereocenters. The molecule has 164 valence electrons. The van der Waals surface area contributed by atoms with Gasteiger partial charge in [-0.05, 0) is 57.4 Å². The summed E-state index contributed by atoms with van der Waals surface area (Å²) in [5, 5.41) is 0. The van der Waals surface area contributed by atoms with Crippen LogP contribution in [0.4, 0.5) is 5.69 Å². The number of esters is 1. The average molecular weight is 424 g/mol. The number of Topliss-reactive ketones (excluding diaryl/α,β-unsaturated/α-hetero) is 1. The van der Waals surface area contributed by atoms with E-state index in [9.17, 15) is 14.4 Å². The van der Waals surface area contributed by atoms with Crippen molar-refractivity contribution < 1.29 is 23.9 Å². The molecule has 1 aromatic carbocycles. The first-order valence-corrected chi connectivity index (χ1v) is 10.8. The number of amides is 1. The van der Waals surface area contributed by atoms with Crippen molar-refractivity contribution in [3.05, 3.63) is 52.8 Å². The number of ketones is 1. The topological polar surface area (TPSA) is 77.8 Å². The summed E-state index contributed by atoms with van der Waals surface area (Å²) >= 11 is 0. The Hall–Kier alpha value is -2.93. The van der Waals surface area contributed by atoms with Crippen LogP contribution < -0.4 is 4.90 Å². The minimum absolute atomic E-state index is 0.0547. The average Bonchev–Trinajstić information content (AvgIpc) is 3.50. The third kappa shape index (κ3) is 4.56. The molecule has 0 aliphatic carbocycles. The molecule has 2 aliphatic rings. The molecule has 1 aromatic heterocycles. The number of ether oxygens (including phenoxy) is 2. The third-order valence-corrected chi connectivity index (χ3v) is 6.09. The number of rotatable bonds is 7. The van der Waals surface area contributed by atoms with Crippen LogP contribution in [0.2, 0.25) is 0 Å². The lowest BCUT2D eigenvalue weighted by molar-refractivity contribution is -0.117. The number of hydrogen-bond donors (Lipinski definition) is 0. The molecule has 0 bridgehead atoms. The van der Waals surface area contributed by atoms with Crippen molar-refractivity contribution in [2.24, 2.45) is 0 Å². The molecule has 0 N–H and O–H groups in total. The van der Waals surface area contributed by atoms with Gasteiger partial charge in [0.1, 0.15) is 0 Å². The van der Waals surface area contributed by atoms with Gasteiger partial charge >= 0.3 is 5.97 Å². The molecular formula is C24H28N2O5. The van der Waals surface area contributed by atoms with Crippen LogP contribution in [0.5, 0.6) is 0 Å². The molecule has 1 atom stereocenters.